The molecule has 0 saturated carbocycles. The summed E-state index contributed by atoms with van der Waals surface area (Å²) in [5, 5.41) is 1.99. The zero-order chi connectivity index (χ0) is 13.3. The second kappa shape index (κ2) is 14.5. The standard InChI is InChI=1S/CH3NO2.H14P12/c1-4-2-3;1-8(2)11(7)12(9(3)4)10(5)6/h1H3;1-7H2. The summed E-state index contributed by atoms with van der Waals surface area (Å²) in [6.45, 7) is 0.700. The van der Waals surface area contributed by atoms with Gasteiger partial charge in [-0.2, -0.15) is 0 Å². The Morgan fingerprint density at radius 3 is 1.25 bits per heavy atom. The van der Waals surface area contributed by atoms with E-state index in [1.807, 2.05) is 5.34 Å². The molecule has 0 radical (unpaired) electrons. The molecule has 0 fully saturated rings. The van der Waals surface area contributed by atoms with Gasteiger partial charge < -0.3 is 4.84 Å². The summed E-state index contributed by atoms with van der Waals surface area (Å²) in [5.41, 5.74) is 0. The van der Waals surface area contributed by atoms with Crippen LogP contribution in [0.4, 0.5) is 0 Å². The van der Waals surface area contributed by atoms with Crippen LogP contribution in [0.15, 0.2) is 5.34 Å². The van der Waals surface area contributed by atoms with Crippen molar-refractivity contribution in [2.75, 3.05) is 7.11 Å². The molecule has 8 atom stereocenters. The van der Waals surface area contributed by atoms with Gasteiger partial charge in [0.15, 0.2) is 5.34 Å². The molecule has 0 saturated heterocycles. The minimum Gasteiger partial charge on any atom is -0.367 e. The maximum atomic E-state index is 8.70. The molecule has 98 valence electrons. The summed E-state index contributed by atoms with van der Waals surface area (Å²) in [6.07, 6.45) is 0. The molecule has 0 aromatic heterocycles. The monoisotopic (exact) mass is 447 g/mol. The maximum absolute atomic E-state index is 8.70. The predicted octanol–water partition coefficient (Wildman–Crippen LogP) is 6.90. The van der Waals surface area contributed by atoms with Gasteiger partial charge in [-0.05, 0) is 34.9 Å². The van der Waals surface area contributed by atoms with Gasteiger partial charge >= 0.3 is 0 Å². The predicted molar refractivity (Wildman–Crippen MR) is 115 cm³/mol. The summed E-state index contributed by atoms with van der Waals surface area (Å²) in [5.74, 6) is 0. The van der Waals surface area contributed by atoms with E-state index in [4.69, 9.17) is 4.91 Å². The average Bonchev–Trinajstić information content (AvgIpc) is 2.16. The van der Waals surface area contributed by atoms with Crippen LogP contribution < -0.4 is 0 Å². The maximum Gasteiger partial charge on any atom is 0.154 e. The second-order valence-corrected chi connectivity index (χ2v) is 46.9. The van der Waals surface area contributed by atoms with Gasteiger partial charge in [0, 0.05) is 0 Å². The van der Waals surface area contributed by atoms with Crippen LogP contribution in [-0.2, 0) is 4.84 Å². The molecule has 0 aromatic carbocycles. The summed E-state index contributed by atoms with van der Waals surface area (Å²) in [7, 11) is 22.2. The summed E-state index contributed by atoms with van der Waals surface area (Å²) in [6, 6.07) is 0. The highest BCUT2D eigenvalue weighted by molar-refractivity contribution is 9.21. The van der Waals surface area contributed by atoms with Gasteiger partial charge in [-0.15, -0.1) is 67.4 Å². The molecule has 3 nitrogen and oxygen atoms in total. The fourth-order valence-corrected chi connectivity index (χ4v) is 103. The Morgan fingerprint density at radius 1 is 0.875 bits per heavy atom. The largest absolute Gasteiger partial charge is 0.367 e. The topological polar surface area (TPSA) is 38.7 Å². The van der Waals surface area contributed by atoms with E-state index >= 15 is 0 Å². The fourth-order valence-electron chi connectivity index (χ4n) is 0.423. The van der Waals surface area contributed by atoms with Crippen molar-refractivity contribution in [1.82, 2.24) is 0 Å². The summed E-state index contributed by atoms with van der Waals surface area (Å²) in [4.78, 5) is 12.3. The van der Waals surface area contributed by atoms with Crippen molar-refractivity contribution in [3.63, 3.8) is 0 Å². The van der Waals surface area contributed by atoms with Crippen molar-refractivity contribution in [2.45, 2.75) is 0 Å². The molecule has 0 spiro atoms. The smallest absolute Gasteiger partial charge is 0.154 e. The van der Waals surface area contributed by atoms with Crippen LogP contribution in [-0.4, -0.2) is 7.11 Å². The van der Waals surface area contributed by atoms with Crippen LogP contribution in [0.5, 0.6) is 0 Å². The lowest BCUT2D eigenvalue weighted by Gasteiger charge is -2.32. The molecule has 0 aliphatic heterocycles. The summed E-state index contributed by atoms with van der Waals surface area (Å²) < 4.78 is 0. The van der Waals surface area contributed by atoms with Gasteiger partial charge in [-0.3, -0.25) is 0 Å². The lowest BCUT2D eigenvalue weighted by Crippen LogP contribution is -1.53. The normalized spacial score (nSPS) is 12.8. The molecule has 16 heavy (non-hydrogen) atoms. The first-order valence-corrected chi connectivity index (χ1v) is 24.2. The molecule has 0 heterocycles. The van der Waals surface area contributed by atoms with Crippen molar-refractivity contribution in [1.29, 1.82) is 0 Å². The fraction of sp³-hybridized carbons (Fsp3) is 1.00. The first-order chi connectivity index (χ1) is 7.29. The van der Waals surface area contributed by atoms with E-state index in [1.54, 1.807) is 0 Å². The third-order valence-corrected chi connectivity index (χ3v) is 67.5. The van der Waals surface area contributed by atoms with Crippen LogP contribution in [0, 0.1) is 4.91 Å². The van der Waals surface area contributed by atoms with E-state index in [-0.39, 0.29) is 34.9 Å². The van der Waals surface area contributed by atoms with Crippen molar-refractivity contribution >= 4 is 97.4 Å². The van der Waals surface area contributed by atoms with Crippen LogP contribution in [0.25, 0.3) is 0 Å². The van der Waals surface area contributed by atoms with Crippen molar-refractivity contribution in [3.8, 4) is 0 Å². The molecule has 0 N–H and O–H groups in total. The number of nitrogens with zero attached hydrogens (tertiary/aromatic N) is 1. The van der Waals surface area contributed by atoms with Crippen molar-refractivity contribution < 1.29 is 4.84 Å². The van der Waals surface area contributed by atoms with Gasteiger partial charge in [0.05, 0.1) is 0 Å². The first-order valence-electron chi connectivity index (χ1n) is 3.38. The van der Waals surface area contributed by atoms with Crippen LogP contribution in [0.1, 0.15) is 0 Å². The SMILES string of the molecule is CON=O.PP(P)P(P)P(P(P)P)P(P)P. The van der Waals surface area contributed by atoms with Gasteiger partial charge in [-0.1, -0.05) is 0 Å². The molecular formula is CH17NO2P12. The minimum absolute atomic E-state index is 0.103. The molecule has 0 aliphatic carbocycles. The number of rotatable bonds is 5. The van der Waals surface area contributed by atoms with Gasteiger partial charge in [-0.25, -0.2) is 0 Å². The lowest BCUT2D eigenvalue weighted by atomic mass is 11.7. The molecule has 0 bridgehead atoms. The Balaban J connectivity index is 0. The van der Waals surface area contributed by atoms with E-state index in [9.17, 15) is 0 Å². The molecular weight excluding hydrogens is 430 g/mol. The molecule has 0 aliphatic rings. The first kappa shape index (κ1) is 22.8. The van der Waals surface area contributed by atoms with Gasteiger partial charge in [0.2, 0.25) is 0 Å². The lowest BCUT2D eigenvalue weighted by molar-refractivity contribution is 0.208. The quantitative estimate of drug-likeness (QED) is 0.262. The minimum atomic E-state index is 0.103. The van der Waals surface area contributed by atoms with Crippen molar-refractivity contribution in [2.24, 2.45) is 5.34 Å². The zero-order valence-corrected chi connectivity index (χ0v) is 21.1. The Morgan fingerprint density at radius 2 is 1.19 bits per heavy atom. The number of hydrogen-bond acceptors (Lipinski definition) is 3. The van der Waals surface area contributed by atoms with Gasteiger partial charge in [0.25, 0.3) is 0 Å². The second-order valence-electron chi connectivity index (χ2n) is 1.99. The number of hydrogen-bond donors (Lipinski definition) is 0. The average molecular weight is 447 g/mol. The Bertz CT molecular complexity index is 164. The Hall–Kier alpha value is 4.56. The van der Waals surface area contributed by atoms with E-state index < -0.39 is 0 Å². The van der Waals surface area contributed by atoms with E-state index in [0.717, 1.165) is 0 Å². The van der Waals surface area contributed by atoms with E-state index in [0.29, 0.717) is 0 Å². The summed E-state index contributed by atoms with van der Waals surface area (Å²) >= 11 is 0. The molecule has 0 aromatic rings. The zero-order valence-electron chi connectivity index (χ0n) is 8.54. The van der Waals surface area contributed by atoms with E-state index in [2.05, 4.69) is 67.3 Å². The van der Waals surface area contributed by atoms with Gasteiger partial charge in [0.1, 0.15) is 7.11 Å². The molecule has 15 heteroatoms. The third-order valence-electron chi connectivity index (χ3n) is 0.908. The highest BCUT2D eigenvalue weighted by Crippen LogP contribution is 3.16. The highest BCUT2D eigenvalue weighted by atomic mass is 33.3. The van der Waals surface area contributed by atoms with E-state index in [1.165, 1.54) is 7.11 Å². The molecule has 0 amide bonds. The highest BCUT2D eigenvalue weighted by Gasteiger charge is 2.26. The Kier molecular flexibility index (Phi) is 20.7. The van der Waals surface area contributed by atoms with Crippen LogP contribution in [0.3, 0.4) is 0 Å². The molecule has 0 rings (SSSR count). The van der Waals surface area contributed by atoms with Crippen molar-refractivity contribution in [3.05, 3.63) is 4.91 Å². The van der Waals surface area contributed by atoms with Crippen LogP contribution in [0.2, 0.25) is 0 Å². The third kappa shape index (κ3) is 12.3. The Labute approximate surface area is 119 Å². The molecule has 8 unspecified atom stereocenters. The van der Waals surface area contributed by atoms with Crippen LogP contribution >= 0.6 is 97.4 Å².